The summed E-state index contributed by atoms with van der Waals surface area (Å²) in [4.78, 5) is 21.7. The molecule has 1 unspecified atom stereocenters. The number of carbonyl (C=O) groups excluding carboxylic acids is 1. The number of non-ortho nitro benzene ring substituents is 1. The molecule has 0 spiro atoms. The van der Waals surface area contributed by atoms with Crippen LogP contribution in [0, 0.1) is 21.7 Å². The zero-order valence-electron chi connectivity index (χ0n) is 15.8. The fraction of sp³-hybridized carbons (Fsp3) is 0.562. The van der Waals surface area contributed by atoms with Gasteiger partial charge in [0.15, 0.2) is 17.2 Å². The maximum atomic E-state index is 15.0. The summed E-state index contributed by atoms with van der Waals surface area (Å²) in [6.45, 7) is 5.61. The first kappa shape index (κ1) is 24.1. The van der Waals surface area contributed by atoms with E-state index in [0.717, 1.165) is 0 Å². The van der Waals surface area contributed by atoms with E-state index in [1.54, 1.807) is 0 Å². The van der Waals surface area contributed by atoms with Crippen LogP contribution in [0.4, 0.5) is 23.2 Å². The predicted molar refractivity (Wildman–Crippen MR) is 93.0 cm³/mol. The second-order valence-corrected chi connectivity index (χ2v) is 8.92. The highest BCUT2D eigenvalue weighted by molar-refractivity contribution is 7.90. The molecule has 1 aromatic rings. The number of carbonyl (C=O) groups is 1. The van der Waals surface area contributed by atoms with Crippen LogP contribution in [0.3, 0.4) is 0 Å². The summed E-state index contributed by atoms with van der Waals surface area (Å²) in [6, 6.07) is 0.570. The molecule has 158 valence electrons. The summed E-state index contributed by atoms with van der Waals surface area (Å²) in [7, 11) is 0. The molecular formula is C16H20F4N2O5S. The molecule has 0 aliphatic rings. The van der Waals surface area contributed by atoms with Crippen molar-refractivity contribution in [1.29, 1.82) is 0 Å². The van der Waals surface area contributed by atoms with Crippen molar-refractivity contribution in [3.05, 3.63) is 39.4 Å². The minimum absolute atomic E-state index is 0.211. The Morgan fingerprint density at radius 3 is 2.21 bits per heavy atom. The average Bonchev–Trinajstić information content (AvgIpc) is 2.55. The lowest BCUT2D eigenvalue weighted by Crippen LogP contribution is -2.62. The van der Waals surface area contributed by atoms with Gasteiger partial charge < -0.3 is 9.29 Å². The topological polar surface area (TPSA) is 105 Å². The molecule has 1 rings (SSSR count). The fourth-order valence-electron chi connectivity index (χ4n) is 2.10. The van der Waals surface area contributed by atoms with Crippen LogP contribution < -0.4 is 4.72 Å². The quantitative estimate of drug-likeness (QED) is 0.235. The highest BCUT2D eigenvalue weighted by atomic mass is 32.2. The Labute approximate surface area is 161 Å². The summed E-state index contributed by atoms with van der Waals surface area (Å²) in [6.07, 6.45) is 0. The second-order valence-electron chi connectivity index (χ2n) is 6.95. The molecule has 0 aliphatic carbocycles. The van der Waals surface area contributed by atoms with Gasteiger partial charge in [0, 0.05) is 23.0 Å². The van der Waals surface area contributed by atoms with Crippen LogP contribution in [0.15, 0.2) is 12.1 Å². The monoisotopic (exact) mass is 428 g/mol. The fourth-order valence-corrected chi connectivity index (χ4v) is 3.01. The van der Waals surface area contributed by atoms with Gasteiger partial charge in [0.05, 0.1) is 17.6 Å². The van der Waals surface area contributed by atoms with E-state index in [4.69, 9.17) is 0 Å². The van der Waals surface area contributed by atoms with Crippen molar-refractivity contribution >= 4 is 23.0 Å². The number of alkyl halides is 2. The smallest absolute Gasteiger partial charge is 0.379 e. The number of hydrogen-bond donors (Lipinski definition) is 1. The predicted octanol–water partition coefficient (Wildman–Crippen LogP) is 3.34. The standard InChI is InChI=1S/C16H20F4N2O5S/c1-6-27-13(23)16(19,20)15(5,21-28(26)14(2,3)4)10-7-9(22(24)25)8-11(17)12(10)18/h7-8,21H,6H2,1-5H3/t15-,28?/m1/s1. The Morgan fingerprint density at radius 2 is 1.79 bits per heavy atom. The lowest BCUT2D eigenvalue weighted by atomic mass is 9.85. The molecule has 7 nitrogen and oxygen atoms in total. The summed E-state index contributed by atoms with van der Waals surface area (Å²) in [5.74, 6) is -10.3. The Balaban J connectivity index is 3.78. The number of esters is 1. The molecule has 2 atom stereocenters. The molecule has 0 amide bonds. The number of benzene rings is 1. The van der Waals surface area contributed by atoms with Gasteiger partial charge in [-0.15, -0.1) is 4.72 Å². The van der Waals surface area contributed by atoms with Gasteiger partial charge >= 0.3 is 11.9 Å². The van der Waals surface area contributed by atoms with E-state index in [2.05, 4.69) is 4.74 Å². The van der Waals surface area contributed by atoms with Gasteiger partial charge in [-0.25, -0.2) is 13.6 Å². The Hall–Kier alpha value is -1.92. The molecule has 0 saturated carbocycles. The van der Waals surface area contributed by atoms with E-state index in [0.29, 0.717) is 13.0 Å². The molecule has 1 N–H and O–H groups in total. The molecule has 28 heavy (non-hydrogen) atoms. The van der Waals surface area contributed by atoms with E-state index in [-0.39, 0.29) is 6.07 Å². The maximum absolute atomic E-state index is 15.0. The van der Waals surface area contributed by atoms with E-state index < -0.39 is 68.0 Å². The van der Waals surface area contributed by atoms with Crippen molar-refractivity contribution in [2.75, 3.05) is 6.61 Å². The number of halogens is 4. The van der Waals surface area contributed by atoms with E-state index >= 15 is 8.78 Å². The van der Waals surface area contributed by atoms with Crippen LogP contribution in [0.5, 0.6) is 0 Å². The van der Waals surface area contributed by atoms with Crippen LogP contribution >= 0.6 is 0 Å². The first-order valence-electron chi connectivity index (χ1n) is 7.98. The number of nitrogens with one attached hydrogen (secondary N) is 1. The molecule has 1 aromatic carbocycles. The van der Waals surface area contributed by atoms with Crippen LogP contribution in [-0.4, -0.2) is 32.7 Å². The molecule has 0 saturated heterocycles. The number of nitrogens with zero attached hydrogens (tertiary/aromatic N) is 1. The van der Waals surface area contributed by atoms with Crippen molar-refractivity contribution < 1.29 is 36.6 Å². The van der Waals surface area contributed by atoms with E-state index in [1.165, 1.54) is 27.7 Å². The third-order valence-corrected chi connectivity index (χ3v) is 5.48. The van der Waals surface area contributed by atoms with E-state index in [1.807, 2.05) is 4.72 Å². The van der Waals surface area contributed by atoms with E-state index in [9.17, 15) is 28.2 Å². The van der Waals surface area contributed by atoms with Crippen LogP contribution in [0.25, 0.3) is 0 Å². The van der Waals surface area contributed by atoms with Crippen molar-refractivity contribution in [1.82, 2.24) is 4.72 Å². The second kappa shape index (κ2) is 8.21. The summed E-state index contributed by atoms with van der Waals surface area (Å²) < 4.78 is 75.9. The maximum Gasteiger partial charge on any atom is 0.379 e. The van der Waals surface area contributed by atoms with Gasteiger partial charge in [-0.3, -0.25) is 10.1 Å². The SMILES string of the molecule is CCOC(=O)C(F)(F)[C@](C)(N[S+]([O-])C(C)(C)C)c1cc([N+](=O)[O-])cc(F)c1F. The first-order valence-corrected chi connectivity index (χ1v) is 9.13. The number of rotatable bonds is 7. The van der Waals surface area contributed by atoms with Crippen molar-refractivity contribution in [2.24, 2.45) is 0 Å². The zero-order chi connectivity index (χ0) is 22.1. The lowest BCUT2D eigenvalue weighted by molar-refractivity contribution is -0.385. The van der Waals surface area contributed by atoms with Crippen LogP contribution in [0.1, 0.15) is 40.2 Å². The highest BCUT2D eigenvalue weighted by Gasteiger charge is 2.63. The average molecular weight is 428 g/mol. The number of nitro groups is 1. The largest absolute Gasteiger partial charge is 0.598 e. The molecule has 0 aromatic heterocycles. The zero-order valence-corrected chi connectivity index (χ0v) is 16.6. The highest BCUT2D eigenvalue weighted by Crippen LogP contribution is 2.42. The van der Waals surface area contributed by atoms with Crippen LogP contribution in [-0.2, 0) is 26.4 Å². The Morgan fingerprint density at radius 1 is 1.25 bits per heavy atom. The summed E-state index contributed by atoms with van der Waals surface area (Å²) in [5.41, 5.74) is -5.40. The summed E-state index contributed by atoms with van der Waals surface area (Å²) >= 11 is -2.30. The van der Waals surface area contributed by atoms with Gasteiger partial charge in [0.25, 0.3) is 5.69 Å². The van der Waals surface area contributed by atoms with Gasteiger partial charge in [-0.05, 0) is 34.6 Å². The van der Waals surface area contributed by atoms with Crippen LogP contribution in [0.2, 0.25) is 0 Å². The third kappa shape index (κ3) is 4.55. The van der Waals surface area contributed by atoms with Crippen molar-refractivity contribution in [3.63, 3.8) is 0 Å². The minimum Gasteiger partial charge on any atom is -0.598 e. The number of hydrogen-bond acceptors (Lipinski definition) is 6. The molecule has 0 fully saturated rings. The molecule has 0 bridgehead atoms. The van der Waals surface area contributed by atoms with Gasteiger partial charge in [0.1, 0.15) is 4.75 Å². The summed E-state index contributed by atoms with van der Waals surface area (Å²) in [5, 5.41) is 11.0. The lowest BCUT2D eigenvalue weighted by Gasteiger charge is -2.38. The molecule has 0 heterocycles. The number of ether oxygens (including phenoxy) is 1. The molecular weight excluding hydrogens is 408 g/mol. The normalized spacial score (nSPS) is 15.6. The molecule has 0 aliphatic heterocycles. The molecule has 12 heteroatoms. The first-order chi connectivity index (χ1) is 12.6. The van der Waals surface area contributed by atoms with Gasteiger partial charge in [-0.2, -0.15) is 8.78 Å². The molecule has 0 radical (unpaired) electrons. The van der Waals surface area contributed by atoms with Gasteiger partial charge in [-0.1, -0.05) is 0 Å². The Bertz CT molecular complexity index is 772. The minimum atomic E-state index is -4.56. The third-order valence-electron chi connectivity index (χ3n) is 3.78. The van der Waals surface area contributed by atoms with Crippen molar-refractivity contribution in [3.8, 4) is 0 Å². The van der Waals surface area contributed by atoms with Crippen molar-refractivity contribution in [2.45, 2.75) is 50.8 Å². The number of nitro benzene ring substituents is 1. The Kier molecular flexibility index (Phi) is 7.07. The van der Waals surface area contributed by atoms with Gasteiger partial charge in [0.2, 0.25) is 0 Å².